The number of thiophene rings is 1. The van der Waals surface area contributed by atoms with Crippen molar-refractivity contribution in [1.29, 1.82) is 0 Å². The van der Waals surface area contributed by atoms with E-state index in [-0.39, 0.29) is 17.1 Å². The molecule has 2 rings (SSSR count). The van der Waals surface area contributed by atoms with E-state index in [9.17, 15) is 0 Å². The molecule has 0 saturated carbocycles. The molecule has 154 valence electrons. The molecular weight excluding hydrogens is 352 g/mol. The highest BCUT2D eigenvalue weighted by Crippen LogP contribution is 2.55. The number of ether oxygens (including phenoxy) is 2. The smallest absolute Gasteiger partial charge is 0.193 e. The first kappa shape index (κ1) is 22.6. The summed E-state index contributed by atoms with van der Waals surface area (Å²) in [5.41, 5.74) is 1.58. The SMILES string of the molecule is C=CC(C)(c1ccsc1C1OCCO1)C(CCCC)(CCCC)CCCC. The van der Waals surface area contributed by atoms with Crippen molar-refractivity contribution >= 4 is 11.3 Å². The molecule has 2 heterocycles. The summed E-state index contributed by atoms with van der Waals surface area (Å²) in [6.45, 7) is 15.1. The number of unbranched alkanes of at least 4 members (excludes halogenated alkanes) is 3. The molecule has 1 aromatic rings. The highest BCUT2D eigenvalue weighted by molar-refractivity contribution is 7.10. The van der Waals surface area contributed by atoms with Crippen molar-refractivity contribution in [3.8, 4) is 0 Å². The molecule has 1 saturated heterocycles. The highest BCUT2D eigenvalue weighted by Gasteiger charge is 2.47. The summed E-state index contributed by atoms with van der Waals surface area (Å²) in [5.74, 6) is 0. The first-order valence-corrected chi connectivity index (χ1v) is 11.9. The standard InChI is InChI=1S/C24H40O2S/c1-6-10-14-24(15-11-7-2,16-12-8-3)23(5,9-4)20-13-19-27-21(20)22-25-17-18-26-22/h9,13,19,22H,4,6-8,10-12,14-18H2,1-3,5H3. The normalized spacial score (nSPS) is 17.9. The Kier molecular flexibility index (Phi) is 9.04. The van der Waals surface area contributed by atoms with E-state index in [0.29, 0.717) is 13.2 Å². The minimum atomic E-state index is -0.194. The van der Waals surface area contributed by atoms with E-state index in [4.69, 9.17) is 9.47 Å². The minimum Gasteiger partial charge on any atom is -0.345 e. The zero-order valence-corrected chi connectivity index (χ0v) is 18.8. The third kappa shape index (κ3) is 4.86. The van der Waals surface area contributed by atoms with E-state index in [1.54, 1.807) is 11.3 Å². The lowest BCUT2D eigenvalue weighted by molar-refractivity contribution is -0.0432. The average Bonchev–Trinajstić information content (AvgIpc) is 3.38. The fraction of sp³-hybridized carbons (Fsp3) is 0.750. The first-order chi connectivity index (χ1) is 13.1. The lowest BCUT2D eigenvalue weighted by Crippen LogP contribution is -2.43. The summed E-state index contributed by atoms with van der Waals surface area (Å²) in [6, 6.07) is 2.31. The van der Waals surface area contributed by atoms with Crippen LogP contribution in [0.5, 0.6) is 0 Å². The number of hydrogen-bond donors (Lipinski definition) is 0. The van der Waals surface area contributed by atoms with Crippen LogP contribution in [0, 0.1) is 5.41 Å². The fourth-order valence-corrected chi connectivity index (χ4v) is 5.76. The minimum absolute atomic E-state index is 0.0584. The van der Waals surface area contributed by atoms with E-state index in [0.717, 1.165) is 0 Å². The van der Waals surface area contributed by atoms with Crippen LogP contribution in [0.25, 0.3) is 0 Å². The second-order valence-electron chi connectivity index (χ2n) is 8.27. The van der Waals surface area contributed by atoms with Gasteiger partial charge in [0.15, 0.2) is 6.29 Å². The van der Waals surface area contributed by atoms with Crippen molar-refractivity contribution in [1.82, 2.24) is 0 Å². The third-order valence-corrected chi connectivity index (χ3v) is 7.57. The monoisotopic (exact) mass is 392 g/mol. The Bertz CT molecular complexity index is 537. The largest absolute Gasteiger partial charge is 0.345 e. The summed E-state index contributed by atoms with van der Waals surface area (Å²) in [5, 5.41) is 2.21. The van der Waals surface area contributed by atoms with Crippen molar-refractivity contribution in [2.75, 3.05) is 13.2 Å². The van der Waals surface area contributed by atoms with Crippen molar-refractivity contribution < 1.29 is 9.47 Å². The number of rotatable bonds is 13. The van der Waals surface area contributed by atoms with Crippen molar-refractivity contribution in [3.05, 3.63) is 34.5 Å². The molecule has 1 aromatic heterocycles. The third-order valence-electron chi connectivity index (χ3n) is 6.63. The summed E-state index contributed by atoms with van der Waals surface area (Å²) < 4.78 is 11.8. The summed E-state index contributed by atoms with van der Waals surface area (Å²) >= 11 is 1.78. The van der Waals surface area contributed by atoms with Gasteiger partial charge in [0.1, 0.15) is 0 Å². The molecule has 0 radical (unpaired) electrons. The van der Waals surface area contributed by atoms with Gasteiger partial charge >= 0.3 is 0 Å². The summed E-state index contributed by atoms with van der Waals surface area (Å²) in [7, 11) is 0. The Morgan fingerprint density at radius 3 is 2.00 bits per heavy atom. The first-order valence-electron chi connectivity index (χ1n) is 11.0. The zero-order chi connectivity index (χ0) is 19.8. The molecule has 0 aliphatic carbocycles. The summed E-state index contributed by atoms with van der Waals surface area (Å²) in [6.07, 6.45) is 13.5. The predicted octanol–water partition coefficient (Wildman–Crippen LogP) is 7.79. The van der Waals surface area contributed by atoms with Crippen LogP contribution in [0.4, 0.5) is 0 Å². The Morgan fingerprint density at radius 2 is 1.56 bits per heavy atom. The van der Waals surface area contributed by atoms with Gasteiger partial charge in [0.2, 0.25) is 0 Å². The Hall–Kier alpha value is -0.640. The number of hydrogen-bond acceptors (Lipinski definition) is 3. The van der Waals surface area contributed by atoms with Crippen molar-refractivity contribution in [2.45, 2.75) is 97.2 Å². The molecule has 0 N–H and O–H groups in total. The second-order valence-corrected chi connectivity index (χ2v) is 9.22. The highest BCUT2D eigenvalue weighted by atomic mass is 32.1. The van der Waals surface area contributed by atoms with Gasteiger partial charge < -0.3 is 9.47 Å². The molecule has 0 amide bonds. The molecule has 0 bridgehead atoms. The molecule has 2 nitrogen and oxygen atoms in total. The van der Waals surface area contributed by atoms with Crippen LogP contribution in [0.2, 0.25) is 0 Å². The maximum Gasteiger partial charge on any atom is 0.193 e. The molecule has 1 aliphatic heterocycles. The van der Waals surface area contributed by atoms with E-state index in [2.05, 4.69) is 51.8 Å². The van der Waals surface area contributed by atoms with Crippen LogP contribution in [0.3, 0.4) is 0 Å². The van der Waals surface area contributed by atoms with Gasteiger partial charge in [0, 0.05) is 5.41 Å². The van der Waals surface area contributed by atoms with E-state index < -0.39 is 0 Å². The maximum atomic E-state index is 5.89. The Balaban J connectivity index is 2.49. The molecule has 1 atom stereocenters. The molecular formula is C24H40O2S. The van der Waals surface area contributed by atoms with E-state index in [1.165, 1.54) is 68.2 Å². The van der Waals surface area contributed by atoms with Crippen molar-refractivity contribution in [3.63, 3.8) is 0 Å². The molecule has 0 aromatic carbocycles. The molecule has 3 heteroatoms. The lowest BCUT2D eigenvalue weighted by Gasteiger charge is -2.49. The van der Waals surface area contributed by atoms with Crippen LogP contribution >= 0.6 is 11.3 Å². The van der Waals surface area contributed by atoms with Gasteiger partial charge in [0.05, 0.1) is 18.1 Å². The molecule has 1 fully saturated rings. The average molecular weight is 393 g/mol. The molecule has 1 unspecified atom stereocenters. The van der Waals surface area contributed by atoms with Crippen molar-refractivity contribution in [2.24, 2.45) is 5.41 Å². The van der Waals surface area contributed by atoms with Gasteiger partial charge in [-0.25, -0.2) is 0 Å². The zero-order valence-electron chi connectivity index (χ0n) is 18.0. The van der Waals surface area contributed by atoms with Gasteiger partial charge in [-0.2, -0.15) is 0 Å². The summed E-state index contributed by atoms with van der Waals surface area (Å²) in [4.78, 5) is 1.25. The topological polar surface area (TPSA) is 18.5 Å². The van der Waals surface area contributed by atoms with Gasteiger partial charge in [-0.3, -0.25) is 0 Å². The molecule has 1 aliphatic rings. The quantitative estimate of drug-likeness (QED) is 0.319. The van der Waals surface area contributed by atoms with E-state index in [1.807, 2.05) is 0 Å². The Labute approximate surface area is 171 Å². The number of allylic oxidation sites excluding steroid dienone is 1. The lowest BCUT2D eigenvalue weighted by atomic mass is 9.55. The van der Waals surface area contributed by atoms with Crippen LogP contribution in [0.15, 0.2) is 24.1 Å². The van der Waals surface area contributed by atoms with Crippen LogP contribution < -0.4 is 0 Å². The predicted molar refractivity (Wildman–Crippen MR) is 118 cm³/mol. The van der Waals surface area contributed by atoms with Crippen LogP contribution in [0.1, 0.15) is 102 Å². The second kappa shape index (κ2) is 10.8. The maximum absolute atomic E-state index is 5.89. The van der Waals surface area contributed by atoms with Gasteiger partial charge in [-0.15, -0.1) is 17.9 Å². The fourth-order valence-electron chi connectivity index (χ4n) is 4.75. The molecule has 27 heavy (non-hydrogen) atoms. The van der Waals surface area contributed by atoms with Crippen LogP contribution in [-0.2, 0) is 14.9 Å². The van der Waals surface area contributed by atoms with Crippen LogP contribution in [-0.4, -0.2) is 13.2 Å². The van der Waals surface area contributed by atoms with Gasteiger partial charge in [-0.1, -0.05) is 72.3 Å². The van der Waals surface area contributed by atoms with Gasteiger partial charge in [-0.05, 0) is 41.7 Å². The molecule has 0 spiro atoms. The Morgan fingerprint density at radius 1 is 1.04 bits per heavy atom. The van der Waals surface area contributed by atoms with Gasteiger partial charge in [0.25, 0.3) is 0 Å². The van der Waals surface area contributed by atoms with E-state index >= 15 is 0 Å².